The van der Waals surface area contributed by atoms with Crippen LogP contribution in [0.5, 0.6) is 0 Å². The SMILES string of the molecule is Cn1cncc1C1(C)c2cccc3c(-c4cccc(Cl)c4)cc(=O)n(c23)C1(N)c1ccc(Cl)cc1. The third-order valence-electron chi connectivity index (χ3n) is 7.44. The largest absolute Gasteiger partial charge is 0.337 e. The van der Waals surface area contributed by atoms with Crippen molar-refractivity contribution in [2.24, 2.45) is 12.8 Å². The van der Waals surface area contributed by atoms with Gasteiger partial charge in [-0.05, 0) is 53.4 Å². The third-order valence-corrected chi connectivity index (χ3v) is 7.93. The van der Waals surface area contributed by atoms with Crippen LogP contribution < -0.4 is 11.3 Å². The van der Waals surface area contributed by atoms with Gasteiger partial charge >= 0.3 is 0 Å². The maximum Gasteiger partial charge on any atom is 0.253 e. The van der Waals surface area contributed by atoms with Crippen LogP contribution in [-0.2, 0) is 18.1 Å². The van der Waals surface area contributed by atoms with Crippen LogP contribution in [0.25, 0.3) is 22.0 Å². The van der Waals surface area contributed by atoms with Crippen molar-refractivity contribution in [3.05, 3.63) is 123 Å². The predicted octanol–water partition coefficient (Wildman–Crippen LogP) is 5.69. The van der Waals surface area contributed by atoms with E-state index in [4.69, 9.17) is 28.9 Å². The lowest BCUT2D eigenvalue weighted by molar-refractivity contribution is 0.248. The van der Waals surface area contributed by atoms with Gasteiger partial charge in [-0.15, -0.1) is 0 Å². The van der Waals surface area contributed by atoms with E-state index < -0.39 is 11.1 Å². The minimum Gasteiger partial charge on any atom is -0.337 e. The van der Waals surface area contributed by atoms with Gasteiger partial charge in [0, 0.05) is 34.7 Å². The molecule has 3 aromatic carbocycles. The second kappa shape index (κ2) is 7.56. The Balaban J connectivity index is 1.79. The van der Waals surface area contributed by atoms with E-state index in [2.05, 4.69) is 18.0 Å². The van der Waals surface area contributed by atoms with Crippen molar-refractivity contribution in [3.8, 4) is 11.1 Å². The van der Waals surface area contributed by atoms with Crippen molar-refractivity contribution in [2.75, 3.05) is 0 Å². The van der Waals surface area contributed by atoms with E-state index in [1.54, 1.807) is 29.1 Å². The summed E-state index contributed by atoms with van der Waals surface area (Å²) >= 11 is 12.5. The number of benzene rings is 3. The van der Waals surface area contributed by atoms with E-state index in [9.17, 15) is 4.79 Å². The molecule has 2 unspecified atom stereocenters. The Morgan fingerprint density at radius 1 is 0.943 bits per heavy atom. The average Bonchev–Trinajstić information content (AvgIpc) is 3.36. The Bertz CT molecular complexity index is 1690. The normalized spacial score (nSPS) is 21.1. The molecular formula is C28H22Cl2N4O. The highest BCUT2D eigenvalue weighted by Crippen LogP contribution is 2.54. The standard InChI is InChI=1S/C28H22Cl2N4O/c1-27(24-15-32-16-33(24)2)23-8-4-7-21-22(17-5-3-6-20(30)13-17)14-25(35)34(26(21)23)28(27,31)18-9-11-19(29)12-10-18/h3-16H,31H2,1-2H3. The molecule has 0 fully saturated rings. The zero-order valence-electron chi connectivity index (χ0n) is 19.2. The maximum absolute atomic E-state index is 14.0. The van der Waals surface area contributed by atoms with Crippen molar-refractivity contribution in [3.63, 3.8) is 0 Å². The van der Waals surface area contributed by atoms with Crippen LogP contribution in [0.4, 0.5) is 0 Å². The van der Waals surface area contributed by atoms with Gasteiger partial charge in [0.1, 0.15) is 5.66 Å². The monoisotopic (exact) mass is 500 g/mol. The number of nitrogens with zero attached hydrogens (tertiary/aromatic N) is 3. The van der Waals surface area contributed by atoms with Gasteiger partial charge in [-0.25, -0.2) is 4.98 Å². The highest BCUT2D eigenvalue weighted by molar-refractivity contribution is 6.31. The Morgan fingerprint density at radius 2 is 1.69 bits per heavy atom. The summed E-state index contributed by atoms with van der Waals surface area (Å²) in [6.07, 6.45) is 3.58. The van der Waals surface area contributed by atoms with E-state index in [1.165, 1.54) is 0 Å². The fourth-order valence-corrected chi connectivity index (χ4v) is 6.07. The number of imidazole rings is 1. The van der Waals surface area contributed by atoms with E-state index in [0.29, 0.717) is 10.0 Å². The molecule has 7 heteroatoms. The molecule has 0 aliphatic carbocycles. The Morgan fingerprint density at radius 3 is 2.37 bits per heavy atom. The number of hydrogen-bond acceptors (Lipinski definition) is 3. The Kier molecular flexibility index (Phi) is 4.77. The predicted molar refractivity (Wildman–Crippen MR) is 141 cm³/mol. The maximum atomic E-state index is 14.0. The molecule has 0 bridgehead atoms. The number of rotatable bonds is 3. The summed E-state index contributed by atoms with van der Waals surface area (Å²) in [5.41, 5.74) is 10.3. The first-order valence-corrected chi connectivity index (χ1v) is 12.0. The third kappa shape index (κ3) is 2.86. The molecule has 2 N–H and O–H groups in total. The lowest BCUT2D eigenvalue weighted by atomic mass is 9.68. The van der Waals surface area contributed by atoms with Gasteiger partial charge in [0.25, 0.3) is 5.56 Å². The van der Waals surface area contributed by atoms with E-state index in [1.807, 2.05) is 66.3 Å². The number of aromatic nitrogens is 3. The van der Waals surface area contributed by atoms with Crippen molar-refractivity contribution >= 4 is 34.1 Å². The number of hydrogen-bond donors (Lipinski definition) is 1. The molecule has 0 amide bonds. The van der Waals surface area contributed by atoms with Crippen LogP contribution in [0, 0.1) is 0 Å². The molecule has 3 heterocycles. The van der Waals surface area contributed by atoms with Crippen LogP contribution >= 0.6 is 23.2 Å². The van der Waals surface area contributed by atoms with Crippen LogP contribution in [0.3, 0.4) is 0 Å². The van der Waals surface area contributed by atoms with Crippen molar-refractivity contribution < 1.29 is 0 Å². The molecule has 5 aromatic rings. The number of halogens is 2. The molecule has 174 valence electrons. The molecule has 0 spiro atoms. The zero-order valence-corrected chi connectivity index (χ0v) is 20.7. The molecule has 0 radical (unpaired) electrons. The van der Waals surface area contributed by atoms with Crippen LogP contribution in [0.15, 0.2) is 90.1 Å². The first kappa shape index (κ1) is 22.1. The van der Waals surface area contributed by atoms with Gasteiger partial charge in [0.05, 0.1) is 23.0 Å². The summed E-state index contributed by atoms with van der Waals surface area (Å²) in [5, 5.41) is 2.14. The minimum absolute atomic E-state index is 0.191. The molecule has 2 aromatic heterocycles. The summed E-state index contributed by atoms with van der Waals surface area (Å²) in [4.78, 5) is 18.4. The fraction of sp³-hybridized carbons (Fsp3) is 0.143. The number of para-hydroxylation sites is 1. The van der Waals surface area contributed by atoms with E-state index in [0.717, 1.165) is 38.9 Å². The molecule has 0 saturated heterocycles. The molecule has 0 saturated carbocycles. The molecule has 35 heavy (non-hydrogen) atoms. The molecule has 6 rings (SSSR count). The van der Waals surface area contributed by atoms with Crippen molar-refractivity contribution in [1.29, 1.82) is 0 Å². The van der Waals surface area contributed by atoms with Crippen LogP contribution in [-0.4, -0.2) is 14.1 Å². The average molecular weight is 501 g/mol. The second-order valence-electron chi connectivity index (χ2n) is 9.23. The number of aryl methyl sites for hydroxylation is 1. The van der Waals surface area contributed by atoms with Gasteiger partial charge in [-0.1, -0.05) is 65.7 Å². The zero-order chi connectivity index (χ0) is 24.5. The summed E-state index contributed by atoms with van der Waals surface area (Å²) in [5.74, 6) is 0. The second-order valence-corrected chi connectivity index (χ2v) is 10.1. The first-order valence-electron chi connectivity index (χ1n) is 11.2. The Labute approximate surface area is 212 Å². The Hall–Kier alpha value is -3.38. The molecule has 1 aliphatic rings. The van der Waals surface area contributed by atoms with Gasteiger partial charge in [-0.2, -0.15) is 0 Å². The smallest absolute Gasteiger partial charge is 0.253 e. The fourth-order valence-electron chi connectivity index (χ4n) is 5.75. The van der Waals surface area contributed by atoms with E-state index >= 15 is 0 Å². The number of nitrogens with two attached hydrogens (primary N) is 1. The quantitative estimate of drug-likeness (QED) is 0.346. The lowest BCUT2D eigenvalue weighted by Crippen LogP contribution is -2.59. The van der Waals surface area contributed by atoms with Crippen molar-refractivity contribution in [2.45, 2.75) is 18.0 Å². The molecule has 2 atom stereocenters. The van der Waals surface area contributed by atoms with Gasteiger partial charge in [-0.3, -0.25) is 9.36 Å². The van der Waals surface area contributed by atoms with Gasteiger partial charge in [0.15, 0.2) is 0 Å². The van der Waals surface area contributed by atoms with E-state index in [-0.39, 0.29) is 5.56 Å². The lowest BCUT2D eigenvalue weighted by Gasteiger charge is -2.43. The molecule has 5 nitrogen and oxygen atoms in total. The van der Waals surface area contributed by atoms with Crippen LogP contribution in [0.2, 0.25) is 10.0 Å². The van der Waals surface area contributed by atoms with Gasteiger partial charge in [0.2, 0.25) is 0 Å². The summed E-state index contributed by atoms with van der Waals surface area (Å²) in [6.45, 7) is 2.08. The minimum atomic E-state index is -1.24. The molecular weight excluding hydrogens is 479 g/mol. The summed E-state index contributed by atoms with van der Waals surface area (Å²) < 4.78 is 3.70. The highest BCUT2D eigenvalue weighted by atomic mass is 35.5. The first-order chi connectivity index (χ1) is 16.8. The van der Waals surface area contributed by atoms with Crippen LogP contribution in [0.1, 0.15) is 23.7 Å². The highest BCUT2D eigenvalue weighted by Gasteiger charge is 2.58. The summed E-state index contributed by atoms with van der Waals surface area (Å²) in [7, 11) is 1.94. The number of pyridine rings is 1. The van der Waals surface area contributed by atoms with Crippen molar-refractivity contribution in [1.82, 2.24) is 14.1 Å². The molecule has 1 aliphatic heterocycles. The summed E-state index contributed by atoms with van der Waals surface area (Å²) in [6, 6.07) is 22.7. The topological polar surface area (TPSA) is 65.8 Å². The van der Waals surface area contributed by atoms with Gasteiger partial charge < -0.3 is 10.3 Å².